The fourth-order valence-corrected chi connectivity index (χ4v) is 4.12. The quantitative estimate of drug-likeness (QED) is 0.0568. The summed E-state index contributed by atoms with van der Waals surface area (Å²) in [5.41, 5.74) is -1.96. The van der Waals surface area contributed by atoms with Gasteiger partial charge in [0, 0.05) is 5.56 Å². The Morgan fingerprint density at radius 3 is 1.12 bits per heavy atom. The largest absolute Gasteiger partial charge is 0.519 e. The first kappa shape index (κ1) is 37.5. The molecule has 6 nitrogen and oxygen atoms in total. The van der Waals surface area contributed by atoms with Crippen molar-refractivity contribution in [3.8, 4) is 22.6 Å². The predicted octanol–water partition coefficient (Wildman–Crippen LogP) is 8.26. The van der Waals surface area contributed by atoms with Gasteiger partial charge in [0.25, 0.3) is 10.1 Å². The summed E-state index contributed by atoms with van der Waals surface area (Å²) in [6.45, 7) is 1.41. The highest BCUT2D eigenvalue weighted by molar-refractivity contribution is 7.86. The molecule has 0 aliphatic heterocycles. The Kier molecular flexibility index (Phi) is 10.6. The second kappa shape index (κ2) is 13.6. The summed E-state index contributed by atoms with van der Waals surface area (Å²) in [4.78, 5) is 10.2. The molecule has 0 amide bonds. The van der Waals surface area contributed by atoms with Crippen molar-refractivity contribution < 1.29 is 93.1 Å². The summed E-state index contributed by atoms with van der Waals surface area (Å²) in [6, 6.07) is 2.89. The minimum atomic E-state index is -4.94. The highest BCUT2D eigenvalue weighted by atomic mass is 32.2. The van der Waals surface area contributed by atoms with E-state index in [0.717, 1.165) is 12.1 Å². The molecule has 4 aromatic rings. The standard InChI is InChI=1S/C13F10O3.C13H7F5O3S/c14-1-3(16)7(20)11(8(21)4(1)17)25-13(24)26-12-9(22)5(18)2(15)6(19)10(12)23;1-5-2-3-7(22(19,20)21)6(4-5)8-9(14)11(16)13(18)12(17)10(8)15/h;2-4H,1H3,(H,19,20,21). The second-order valence-corrected chi connectivity index (χ2v) is 10.1. The topological polar surface area (TPSA) is 89.9 Å². The number of hydrogen-bond acceptors (Lipinski definition) is 5. The van der Waals surface area contributed by atoms with Crippen LogP contribution in [0, 0.1) is 94.2 Å². The van der Waals surface area contributed by atoms with Gasteiger partial charge in [-0.2, -0.15) is 26.0 Å². The van der Waals surface area contributed by atoms with Crippen LogP contribution in [0.5, 0.6) is 11.5 Å². The van der Waals surface area contributed by atoms with Gasteiger partial charge in [-0.05, 0) is 19.1 Å². The molecule has 4 rings (SSSR count). The lowest BCUT2D eigenvalue weighted by Gasteiger charge is -2.12. The molecule has 22 heteroatoms. The molecule has 0 aromatic heterocycles. The average molecular weight is 732 g/mol. The molecule has 0 radical (unpaired) electrons. The molecule has 0 aliphatic carbocycles. The lowest BCUT2D eigenvalue weighted by molar-refractivity contribution is 0.140. The Hall–Kier alpha value is -4.99. The van der Waals surface area contributed by atoms with E-state index in [9.17, 15) is 79.1 Å². The van der Waals surface area contributed by atoms with Crippen molar-refractivity contribution in [1.29, 1.82) is 0 Å². The van der Waals surface area contributed by atoms with Gasteiger partial charge in [-0.25, -0.2) is 53.1 Å². The van der Waals surface area contributed by atoms with Crippen molar-refractivity contribution in [3.63, 3.8) is 0 Å². The van der Waals surface area contributed by atoms with E-state index < -0.39 is 131 Å². The monoisotopic (exact) mass is 732 g/mol. The molecule has 4 aromatic carbocycles. The molecule has 258 valence electrons. The van der Waals surface area contributed by atoms with Crippen LogP contribution in [0.4, 0.5) is 70.7 Å². The third kappa shape index (κ3) is 6.83. The van der Waals surface area contributed by atoms with Crippen molar-refractivity contribution in [2.45, 2.75) is 11.8 Å². The molecule has 0 spiro atoms. The van der Waals surface area contributed by atoms with Gasteiger partial charge in [0.15, 0.2) is 23.3 Å². The van der Waals surface area contributed by atoms with E-state index in [0.29, 0.717) is 0 Å². The number of carbonyl (C=O) groups excluding carboxylic acids is 1. The minimum Gasteiger partial charge on any atom is -0.388 e. The number of rotatable bonds is 4. The highest BCUT2D eigenvalue weighted by Crippen LogP contribution is 2.36. The van der Waals surface area contributed by atoms with Gasteiger partial charge < -0.3 is 9.47 Å². The smallest absolute Gasteiger partial charge is 0.388 e. The predicted molar refractivity (Wildman–Crippen MR) is 125 cm³/mol. The zero-order chi connectivity index (χ0) is 36.7. The molecule has 0 unspecified atom stereocenters. The molecule has 1 N–H and O–H groups in total. The number of ether oxygens (including phenoxy) is 2. The fourth-order valence-electron chi connectivity index (χ4n) is 3.44. The maximum absolute atomic E-state index is 13.8. The molecule has 0 bridgehead atoms. The van der Waals surface area contributed by atoms with E-state index in [1.165, 1.54) is 13.0 Å². The van der Waals surface area contributed by atoms with Crippen LogP contribution in [0.2, 0.25) is 0 Å². The zero-order valence-corrected chi connectivity index (χ0v) is 23.1. The molecule has 48 heavy (non-hydrogen) atoms. The van der Waals surface area contributed by atoms with Crippen molar-refractivity contribution >= 4 is 16.3 Å². The second-order valence-electron chi connectivity index (χ2n) is 8.67. The van der Waals surface area contributed by atoms with Gasteiger partial charge in [-0.1, -0.05) is 11.6 Å². The van der Waals surface area contributed by atoms with E-state index in [1.54, 1.807) is 0 Å². The number of aryl methyl sites for hydroxylation is 1. The minimum absolute atomic E-state index is 0.284. The summed E-state index contributed by atoms with van der Waals surface area (Å²) >= 11 is 0. The number of benzene rings is 4. The number of carbonyl (C=O) groups is 1. The lowest BCUT2D eigenvalue weighted by Crippen LogP contribution is -2.19. The Labute approximate surface area is 255 Å². The van der Waals surface area contributed by atoms with Crippen LogP contribution in [0.25, 0.3) is 11.1 Å². The molecule has 0 saturated carbocycles. The van der Waals surface area contributed by atoms with E-state index in [2.05, 4.69) is 9.47 Å². The van der Waals surface area contributed by atoms with E-state index in [4.69, 9.17) is 4.55 Å². The number of hydrogen-bond donors (Lipinski definition) is 1. The van der Waals surface area contributed by atoms with Crippen molar-refractivity contribution in [2.75, 3.05) is 0 Å². The van der Waals surface area contributed by atoms with Crippen LogP contribution in [-0.4, -0.2) is 19.1 Å². The molecule has 0 atom stereocenters. The normalized spacial score (nSPS) is 11.3. The Balaban J connectivity index is 0.000000264. The zero-order valence-electron chi connectivity index (χ0n) is 22.3. The van der Waals surface area contributed by atoms with Crippen LogP contribution in [-0.2, 0) is 10.1 Å². The van der Waals surface area contributed by atoms with Gasteiger partial charge >= 0.3 is 6.16 Å². The summed E-state index contributed by atoms with van der Waals surface area (Å²) in [6.07, 6.45) is -2.56. The van der Waals surface area contributed by atoms with Crippen LogP contribution >= 0.6 is 0 Å². The molecular weight excluding hydrogens is 725 g/mol. The van der Waals surface area contributed by atoms with Gasteiger partial charge in [0.2, 0.25) is 75.5 Å². The summed E-state index contributed by atoms with van der Waals surface area (Å²) in [5, 5.41) is 0. The summed E-state index contributed by atoms with van der Waals surface area (Å²) in [5.74, 6) is -41.6. The van der Waals surface area contributed by atoms with E-state index in [-0.39, 0.29) is 5.56 Å². The van der Waals surface area contributed by atoms with Crippen molar-refractivity contribution in [3.05, 3.63) is 111 Å². The fraction of sp³-hybridized carbons (Fsp3) is 0.0385. The molecular formula is C26H7F15O6S. The Morgan fingerprint density at radius 1 is 0.521 bits per heavy atom. The summed E-state index contributed by atoms with van der Waals surface area (Å²) in [7, 11) is -4.94. The SMILES string of the molecule is Cc1ccc(S(=O)(=O)O)c(-c2c(F)c(F)c(F)c(F)c2F)c1.O=C(Oc1c(F)c(F)c(F)c(F)c1F)Oc1c(F)c(F)c(F)c(F)c1F. The molecule has 0 heterocycles. The van der Waals surface area contributed by atoms with E-state index >= 15 is 0 Å². The Morgan fingerprint density at radius 2 is 0.812 bits per heavy atom. The third-order valence-electron chi connectivity index (χ3n) is 5.60. The van der Waals surface area contributed by atoms with E-state index in [1.807, 2.05) is 0 Å². The van der Waals surface area contributed by atoms with Crippen LogP contribution in [0.3, 0.4) is 0 Å². The van der Waals surface area contributed by atoms with Gasteiger partial charge in [-0.15, -0.1) is 0 Å². The summed E-state index contributed by atoms with van der Waals surface area (Å²) < 4.78 is 236. The average Bonchev–Trinajstić information content (AvgIpc) is 3.03. The third-order valence-corrected chi connectivity index (χ3v) is 6.51. The maximum Gasteiger partial charge on any atom is 0.519 e. The van der Waals surface area contributed by atoms with Crippen LogP contribution < -0.4 is 9.47 Å². The van der Waals surface area contributed by atoms with Gasteiger partial charge in [-0.3, -0.25) is 4.55 Å². The molecule has 0 saturated heterocycles. The molecule has 0 aliphatic rings. The maximum atomic E-state index is 13.8. The first-order chi connectivity index (χ1) is 22.0. The van der Waals surface area contributed by atoms with Crippen molar-refractivity contribution in [1.82, 2.24) is 0 Å². The lowest BCUT2D eigenvalue weighted by atomic mass is 10.0. The highest BCUT2D eigenvalue weighted by Gasteiger charge is 2.33. The van der Waals surface area contributed by atoms with Gasteiger partial charge in [0.1, 0.15) is 4.90 Å². The van der Waals surface area contributed by atoms with Gasteiger partial charge in [0.05, 0.1) is 5.56 Å². The van der Waals surface area contributed by atoms with Crippen molar-refractivity contribution in [2.24, 2.45) is 0 Å². The molecule has 0 fully saturated rings. The van der Waals surface area contributed by atoms with Crippen LogP contribution in [0.15, 0.2) is 23.1 Å². The number of halogens is 15. The first-order valence-corrected chi connectivity index (χ1v) is 13.0. The van der Waals surface area contributed by atoms with Crippen LogP contribution in [0.1, 0.15) is 5.56 Å². The Bertz CT molecular complexity index is 1940. The first-order valence-electron chi connectivity index (χ1n) is 11.6.